The number of phenols is 1. The minimum atomic E-state index is -1.10. The maximum Gasteiger partial charge on any atom is 0.348 e. The molecule has 19 heavy (non-hydrogen) atoms. The van der Waals surface area contributed by atoms with Crippen LogP contribution in [0.5, 0.6) is 5.75 Å². The van der Waals surface area contributed by atoms with Gasteiger partial charge in [0, 0.05) is 0 Å². The van der Waals surface area contributed by atoms with Gasteiger partial charge in [-0.1, -0.05) is 12.1 Å². The molecule has 98 valence electrons. The van der Waals surface area contributed by atoms with Crippen molar-refractivity contribution in [1.82, 2.24) is 0 Å². The van der Waals surface area contributed by atoms with Crippen molar-refractivity contribution in [2.45, 2.75) is 6.92 Å². The fourth-order valence-electron chi connectivity index (χ4n) is 1.61. The number of carboxylic acids is 1. The Kier molecular flexibility index (Phi) is 3.52. The zero-order chi connectivity index (χ0) is 14.0. The number of hydrogen-bond acceptors (Lipinski definition) is 4. The molecule has 0 spiro atoms. The van der Waals surface area contributed by atoms with Gasteiger partial charge in [0.25, 0.3) is 5.91 Å². The van der Waals surface area contributed by atoms with Gasteiger partial charge in [-0.2, -0.15) is 0 Å². The molecular formula is C13H11NO4S. The molecule has 1 amide bonds. The molecule has 0 bridgehead atoms. The lowest BCUT2D eigenvalue weighted by Crippen LogP contribution is -2.13. The minimum Gasteiger partial charge on any atom is -0.507 e. The van der Waals surface area contributed by atoms with Crippen molar-refractivity contribution in [3.05, 3.63) is 45.6 Å². The highest BCUT2D eigenvalue weighted by molar-refractivity contribution is 7.12. The maximum atomic E-state index is 12.0. The van der Waals surface area contributed by atoms with Gasteiger partial charge in [-0.25, -0.2) is 4.79 Å². The number of anilines is 1. The predicted octanol–water partition coefficient (Wildman–Crippen LogP) is 2.71. The highest BCUT2D eigenvalue weighted by Gasteiger charge is 2.17. The van der Waals surface area contributed by atoms with E-state index in [0.717, 1.165) is 11.3 Å². The van der Waals surface area contributed by atoms with Gasteiger partial charge < -0.3 is 15.5 Å². The van der Waals surface area contributed by atoms with E-state index in [1.807, 2.05) is 0 Å². The van der Waals surface area contributed by atoms with Gasteiger partial charge in [-0.3, -0.25) is 4.79 Å². The van der Waals surface area contributed by atoms with Crippen LogP contribution in [0.4, 0.5) is 5.69 Å². The number of para-hydroxylation sites is 1. The Morgan fingerprint density at radius 3 is 2.68 bits per heavy atom. The van der Waals surface area contributed by atoms with Crippen LogP contribution in [0, 0.1) is 6.92 Å². The van der Waals surface area contributed by atoms with Gasteiger partial charge in [0.05, 0.1) is 11.3 Å². The fourth-order valence-corrected chi connectivity index (χ4v) is 2.29. The number of carboxylic acid groups (broad SMARTS) is 1. The van der Waals surface area contributed by atoms with Crippen molar-refractivity contribution < 1.29 is 19.8 Å². The van der Waals surface area contributed by atoms with Crippen LogP contribution < -0.4 is 5.32 Å². The molecule has 0 aliphatic carbocycles. The van der Waals surface area contributed by atoms with E-state index in [1.54, 1.807) is 24.4 Å². The van der Waals surface area contributed by atoms with Crippen LogP contribution in [0.1, 0.15) is 25.6 Å². The van der Waals surface area contributed by atoms with Crippen LogP contribution in [0.25, 0.3) is 0 Å². The van der Waals surface area contributed by atoms with Crippen molar-refractivity contribution in [2.75, 3.05) is 5.32 Å². The smallest absolute Gasteiger partial charge is 0.348 e. The number of aromatic carboxylic acids is 1. The number of phenolic OH excluding ortho intramolecular Hbond substituents is 1. The number of hydrogen-bond donors (Lipinski definition) is 3. The molecule has 3 N–H and O–H groups in total. The first-order valence-corrected chi connectivity index (χ1v) is 6.29. The standard InChI is InChI=1S/C13H11NO4S/c1-7-3-2-4-8(10(7)15)12(16)14-9-5-6-19-11(9)13(17)18/h2-6,15H,1H3,(H,14,16)(H,17,18). The predicted molar refractivity (Wildman–Crippen MR) is 72.1 cm³/mol. The Balaban J connectivity index is 2.29. The van der Waals surface area contributed by atoms with E-state index in [4.69, 9.17) is 5.11 Å². The normalized spacial score (nSPS) is 10.2. The highest BCUT2D eigenvalue weighted by Crippen LogP contribution is 2.26. The van der Waals surface area contributed by atoms with Crippen LogP contribution in [-0.4, -0.2) is 22.1 Å². The minimum absolute atomic E-state index is 0.0560. The largest absolute Gasteiger partial charge is 0.507 e. The van der Waals surface area contributed by atoms with Crippen LogP contribution in [-0.2, 0) is 0 Å². The van der Waals surface area contributed by atoms with Gasteiger partial charge in [0.15, 0.2) is 0 Å². The summed E-state index contributed by atoms with van der Waals surface area (Å²) in [5.74, 6) is -1.74. The summed E-state index contributed by atoms with van der Waals surface area (Å²) in [6.45, 7) is 1.68. The monoisotopic (exact) mass is 277 g/mol. The number of carbonyl (C=O) groups is 2. The molecule has 0 unspecified atom stereocenters. The second-order valence-corrected chi connectivity index (χ2v) is 4.81. The summed E-state index contributed by atoms with van der Waals surface area (Å²) in [6.07, 6.45) is 0. The van der Waals surface area contributed by atoms with E-state index in [9.17, 15) is 14.7 Å². The SMILES string of the molecule is Cc1cccc(C(=O)Nc2ccsc2C(=O)O)c1O. The van der Waals surface area contributed by atoms with E-state index in [0.29, 0.717) is 5.56 Å². The van der Waals surface area contributed by atoms with Gasteiger partial charge in [-0.05, 0) is 30.0 Å². The van der Waals surface area contributed by atoms with Crippen molar-refractivity contribution in [1.29, 1.82) is 0 Å². The van der Waals surface area contributed by atoms with Gasteiger partial charge >= 0.3 is 5.97 Å². The molecule has 1 aromatic carbocycles. The van der Waals surface area contributed by atoms with E-state index in [-0.39, 0.29) is 21.9 Å². The summed E-state index contributed by atoms with van der Waals surface area (Å²) >= 11 is 1.03. The molecule has 0 fully saturated rings. The lowest BCUT2D eigenvalue weighted by molar-refractivity contribution is 0.0703. The van der Waals surface area contributed by atoms with E-state index < -0.39 is 11.9 Å². The Morgan fingerprint density at radius 2 is 2.00 bits per heavy atom. The Labute approximate surface area is 113 Å². The summed E-state index contributed by atoms with van der Waals surface area (Å²) < 4.78 is 0. The lowest BCUT2D eigenvalue weighted by Gasteiger charge is -2.07. The third-order valence-electron chi connectivity index (χ3n) is 2.59. The molecule has 2 rings (SSSR count). The van der Waals surface area contributed by atoms with E-state index >= 15 is 0 Å². The second kappa shape index (κ2) is 5.11. The highest BCUT2D eigenvalue weighted by atomic mass is 32.1. The summed E-state index contributed by atoms with van der Waals surface area (Å²) in [5.41, 5.74) is 0.919. The molecule has 0 aliphatic heterocycles. The average Bonchev–Trinajstić information content (AvgIpc) is 2.80. The summed E-state index contributed by atoms with van der Waals surface area (Å²) in [5, 5.41) is 22.8. The molecule has 6 heteroatoms. The number of benzene rings is 1. The third kappa shape index (κ3) is 2.58. The number of amides is 1. The number of nitrogens with one attached hydrogen (secondary N) is 1. The molecule has 1 aromatic heterocycles. The average molecular weight is 277 g/mol. The molecule has 1 heterocycles. The van der Waals surface area contributed by atoms with Gasteiger partial charge in [0.1, 0.15) is 10.6 Å². The number of aryl methyl sites for hydroxylation is 1. The molecule has 0 atom stereocenters. The zero-order valence-electron chi connectivity index (χ0n) is 10.0. The first-order valence-electron chi connectivity index (χ1n) is 5.41. The van der Waals surface area contributed by atoms with Gasteiger partial charge in [0.2, 0.25) is 0 Å². The number of carbonyl (C=O) groups excluding carboxylic acids is 1. The Bertz CT molecular complexity index is 648. The number of thiophene rings is 1. The summed E-state index contributed by atoms with van der Waals surface area (Å²) in [4.78, 5) is 23.0. The molecule has 5 nitrogen and oxygen atoms in total. The van der Waals surface area contributed by atoms with E-state index in [2.05, 4.69) is 5.32 Å². The Morgan fingerprint density at radius 1 is 1.26 bits per heavy atom. The first kappa shape index (κ1) is 13.1. The van der Waals surface area contributed by atoms with Crippen LogP contribution in [0.2, 0.25) is 0 Å². The number of rotatable bonds is 3. The molecule has 0 saturated heterocycles. The quantitative estimate of drug-likeness (QED) is 0.805. The fraction of sp³-hybridized carbons (Fsp3) is 0.0769. The molecule has 2 aromatic rings. The summed E-state index contributed by atoms with van der Waals surface area (Å²) in [6, 6.07) is 6.32. The van der Waals surface area contributed by atoms with Crippen LogP contribution >= 0.6 is 11.3 Å². The second-order valence-electron chi connectivity index (χ2n) is 3.89. The zero-order valence-corrected chi connectivity index (χ0v) is 10.8. The lowest BCUT2D eigenvalue weighted by atomic mass is 10.1. The molecule has 0 aliphatic rings. The van der Waals surface area contributed by atoms with Gasteiger partial charge in [-0.15, -0.1) is 11.3 Å². The van der Waals surface area contributed by atoms with Crippen LogP contribution in [0.3, 0.4) is 0 Å². The van der Waals surface area contributed by atoms with Crippen molar-refractivity contribution >= 4 is 28.9 Å². The molecule has 0 saturated carbocycles. The maximum absolute atomic E-state index is 12.0. The molecular weight excluding hydrogens is 266 g/mol. The van der Waals surface area contributed by atoms with Crippen molar-refractivity contribution in [3.63, 3.8) is 0 Å². The third-order valence-corrected chi connectivity index (χ3v) is 3.49. The van der Waals surface area contributed by atoms with Crippen molar-refractivity contribution in [2.24, 2.45) is 0 Å². The topological polar surface area (TPSA) is 86.6 Å². The van der Waals surface area contributed by atoms with Crippen molar-refractivity contribution in [3.8, 4) is 5.75 Å². The Hall–Kier alpha value is -2.34. The van der Waals surface area contributed by atoms with Crippen LogP contribution in [0.15, 0.2) is 29.6 Å². The first-order chi connectivity index (χ1) is 9.00. The molecule has 0 radical (unpaired) electrons. The number of aromatic hydroxyl groups is 1. The van der Waals surface area contributed by atoms with E-state index in [1.165, 1.54) is 12.1 Å². The summed E-state index contributed by atoms with van der Waals surface area (Å²) in [7, 11) is 0.